The fraction of sp³-hybridized carbons (Fsp3) is 0.222. The van der Waals surface area contributed by atoms with Gasteiger partial charge in [-0.25, -0.2) is 0 Å². The molecule has 13 heavy (non-hydrogen) atoms. The second-order valence-corrected chi connectivity index (χ2v) is 2.44. The molecule has 0 saturated heterocycles. The SMILES string of the molecule is COC(=O)c1c[c-]cc(N)c1C.[Y]. The third-order valence-electron chi connectivity index (χ3n) is 1.71. The van der Waals surface area contributed by atoms with E-state index in [0.29, 0.717) is 11.3 Å². The van der Waals surface area contributed by atoms with E-state index in [1.165, 1.54) is 7.11 Å². The molecule has 1 aromatic rings. The van der Waals surface area contributed by atoms with E-state index in [1.807, 2.05) is 0 Å². The standard InChI is InChI=1S/C9H10NO2.Y/c1-6-7(9(11)12-2)4-3-5-8(6)10;/h4-5H,10H2,1-2H3;/q-1;. The van der Waals surface area contributed by atoms with E-state index in [9.17, 15) is 4.79 Å². The average molecular weight is 253 g/mol. The minimum Gasteiger partial charge on any atom is -0.475 e. The van der Waals surface area contributed by atoms with Gasteiger partial charge in [0.15, 0.2) is 0 Å². The Hall–Kier alpha value is -0.406. The molecule has 1 radical (unpaired) electrons. The summed E-state index contributed by atoms with van der Waals surface area (Å²) in [5, 5.41) is 0. The van der Waals surface area contributed by atoms with Crippen LogP contribution < -0.4 is 5.73 Å². The molecule has 0 aliphatic heterocycles. The van der Waals surface area contributed by atoms with Gasteiger partial charge in [-0.05, 0) is 5.56 Å². The molecule has 0 amide bonds. The van der Waals surface area contributed by atoms with E-state index in [1.54, 1.807) is 19.1 Å². The maximum Gasteiger partial charge on any atom is 0.281 e. The predicted octanol–water partition coefficient (Wildman–Crippen LogP) is 1.16. The third-order valence-corrected chi connectivity index (χ3v) is 1.71. The van der Waals surface area contributed by atoms with Crippen molar-refractivity contribution >= 4 is 11.7 Å². The Kier molecular flexibility index (Phi) is 5.18. The maximum absolute atomic E-state index is 11.1. The van der Waals surface area contributed by atoms with Gasteiger partial charge in [0.25, 0.3) is 5.97 Å². The van der Waals surface area contributed by atoms with Crippen molar-refractivity contribution in [3.63, 3.8) is 0 Å². The van der Waals surface area contributed by atoms with Gasteiger partial charge in [0, 0.05) is 32.7 Å². The van der Waals surface area contributed by atoms with Gasteiger partial charge >= 0.3 is 0 Å². The molecule has 0 fully saturated rings. The molecule has 0 unspecified atom stereocenters. The van der Waals surface area contributed by atoms with E-state index in [-0.39, 0.29) is 38.7 Å². The van der Waals surface area contributed by atoms with Crippen molar-refractivity contribution in [2.75, 3.05) is 12.8 Å². The minimum absolute atomic E-state index is 0. The second-order valence-electron chi connectivity index (χ2n) is 2.44. The topological polar surface area (TPSA) is 52.3 Å². The van der Waals surface area contributed by atoms with Crippen molar-refractivity contribution in [3.05, 3.63) is 29.3 Å². The van der Waals surface area contributed by atoms with Crippen LogP contribution in [0.25, 0.3) is 0 Å². The summed E-state index contributed by atoms with van der Waals surface area (Å²) in [7, 11) is 1.34. The first-order valence-electron chi connectivity index (χ1n) is 3.51. The number of esters is 1. The molecule has 4 heteroatoms. The summed E-state index contributed by atoms with van der Waals surface area (Å²) < 4.78 is 4.56. The number of benzene rings is 1. The van der Waals surface area contributed by atoms with Crippen LogP contribution in [-0.2, 0) is 37.4 Å². The van der Waals surface area contributed by atoms with Gasteiger partial charge in [0.1, 0.15) is 0 Å². The molecular formula is C9H10NO2Y-. The Balaban J connectivity index is 0.00000144. The summed E-state index contributed by atoms with van der Waals surface area (Å²) in [6, 6.07) is 5.95. The van der Waals surface area contributed by atoms with Crippen LogP contribution in [0.2, 0.25) is 0 Å². The largest absolute Gasteiger partial charge is 0.475 e. The van der Waals surface area contributed by atoms with E-state index in [2.05, 4.69) is 10.8 Å². The first-order valence-corrected chi connectivity index (χ1v) is 3.51. The van der Waals surface area contributed by atoms with Crippen LogP contribution >= 0.6 is 0 Å². The molecule has 0 saturated carbocycles. The minimum atomic E-state index is -0.379. The molecule has 3 nitrogen and oxygen atoms in total. The van der Waals surface area contributed by atoms with E-state index in [0.717, 1.165) is 5.56 Å². The van der Waals surface area contributed by atoms with Crippen LogP contribution in [0.3, 0.4) is 0 Å². The summed E-state index contributed by atoms with van der Waals surface area (Å²) in [5.41, 5.74) is 7.33. The molecule has 1 aromatic carbocycles. The Labute approximate surface area is 103 Å². The third kappa shape index (κ3) is 2.78. The van der Waals surface area contributed by atoms with Crippen molar-refractivity contribution in [1.82, 2.24) is 0 Å². The summed E-state index contributed by atoms with van der Waals surface area (Å²) in [6.45, 7) is 1.77. The number of methoxy groups -OCH3 is 1. The van der Waals surface area contributed by atoms with Gasteiger partial charge < -0.3 is 10.5 Å². The van der Waals surface area contributed by atoms with Crippen molar-refractivity contribution in [2.24, 2.45) is 0 Å². The van der Waals surface area contributed by atoms with Gasteiger partial charge in [0.2, 0.25) is 0 Å². The molecule has 1 rings (SSSR count). The van der Waals surface area contributed by atoms with Crippen molar-refractivity contribution < 1.29 is 42.2 Å². The first-order chi connectivity index (χ1) is 5.66. The summed E-state index contributed by atoms with van der Waals surface area (Å²) in [6.07, 6.45) is 0. The molecule has 0 bridgehead atoms. The van der Waals surface area contributed by atoms with Gasteiger partial charge in [-0.2, -0.15) is 18.2 Å². The number of carbonyl (C=O) groups is 1. The molecule has 0 heterocycles. The average Bonchev–Trinajstić information content (AvgIpc) is 2.08. The van der Waals surface area contributed by atoms with Crippen molar-refractivity contribution in [2.45, 2.75) is 6.92 Å². The number of carbonyl (C=O) groups excluding carboxylic acids is 1. The number of nitrogens with two attached hydrogens (primary N) is 1. The van der Waals surface area contributed by atoms with Crippen LogP contribution in [0.15, 0.2) is 12.1 Å². The molecule has 2 N–H and O–H groups in total. The second kappa shape index (κ2) is 5.35. The molecule has 0 aliphatic rings. The number of rotatable bonds is 1. The Morgan fingerprint density at radius 3 is 2.69 bits per heavy atom. The number of ether oxygens (including phenoxy) is 1. The van der Waals surface area contributed by atoms with Gasteiger partial charge in [-0.15, -0.1) is 5.56 Å². The molecular weight excluding hydrogens is 243 g/mol. The molecule has 0 aromatic heterocycles. The zero-order valence-electron chi connectivity index (χ0n) is 7.63. The van der Waals surface area contributed by atoms with Gasteiger partial charge in [-0.3, -0.25) is 4.79 Å². The zero-order valence-corrected chi connectivity index (χ0v) is 10.5. The summed E-state index contributed by atoms with van der Waals surface area (Å²) in [5.74, 6) is -0.379. The quantitative estimate of drug-likeness (QED) is 0.464. The Bertz CT molecular complexity index is 312. The monoisotopic (exact) mass is 253 g/mol. The van der Waals surface area contributed by atoms with Crippen LogP contribution in [0.4, 0.5) is 5.69 Å². The molecule has 67 valence electrons. The molecule has 0 atom stereocenters. The number of hydrogen-bond donors (Lipinski definition) is 1. The predicted molar refractivity (Wildman–Crippen MR) is 45.8 cm³/mol. The van der Waals surface area contributed by atoms with Crippen LogP contribution in [0.1, 0.15) is 15.9 Å². The zero-order chi connectivity index (χ0) is 9.14. The number of anilines is 1. The van der Waals surface area contributed by atoms with Crippen molar-refractivity contribution in [3.8, 4) is 0 Å². The Morgan fingerprint density at radius 2 is 2.15 bits per heavy atom. The van der Waals surface area contributed by atoms with Gasteiger partial charge in [-0.1, -0.05) is 12.6 Å². The molecule has 0 aliphatic carbocycles. The summed E-state index contributed by atoms with van der Waals surface area (Å²) in [4.78, 5) is 11.1. The number of nitrogen functional groups attached to an aromatic ring is 1. The van der Waals surface area contributed by atoms with Crippen LogP contribution in [0.5, 0.6) is 0 Å². The fourth-order valence-corrected chi connectivity index (χ4v) is 0.909. The molecule has 0 spiro atoms. The van der Waals surface area contributed by atoms with Crippen LogP contribution in [-0.4, -0.2) is 13.1 Å². The Morgan fingerprint density at radius 1 is 1.54 bits per heavy atom. The van der Waals surface area contributed by atoms with Crippen molar-refractivity contribution in [1.29, 1.82) is 0 Å². The van der Waals surface area contributed by atoms with E-state index < -0.39 is 0 Å². The fourth-order valence-electron chi connectivity index (χ4n) is 0.909. The smallest absolute Gasteiger partial charge is 0.281 e. The normalized spacial score (nSPS) is 8.77. The number of hydrogen-bond acceptors (Lipinski definition) is 3. The van der Waals surface area contributed by atoms with E-state index >= 15 is 0 Å². The first kappa shape index (κ1) is 12.6. The van der Waals surface area contributed by atoms with E-state index in [4.69, 9.17) is 5.73 Å². The van der Waals surface area contributed by atoms with Gasteiger partial charge in [0.05, 0.1) is 7.11 Å². The summed E-state index contributed by atoms with van der Waals surface area (Å²) >= 11 is 0. The maximum atomic E-state index is 11.1. The van der Waals surface area contributed by atoms with Crippen LogP contribution in [0, 0.1) is 13.0 Å².